The van der Waals surface area contributed by atoms with Crippen LogP contribution in [0.15, 0.2) is 58.5 Å². The summed E-state index contributed by atoms with van der Waals surface area (Å²) in [7, 11) is 0. The minimum Gasteiger partial charge on any atom is -0.342 e. The number of para-hydroxylation sites is 1. The van der Waals surface area contributed by atoms with E-state index < -0.39 is 0 Å². The molecule has 5 nitrogen and oxygen atoms in total. The van der Waals surface area contributed by atoms with Crippen LogP contribution in [0.1, 0.15) is 20.8 Å². The van der Waals surface area contributed by atoms with Crippen LogP contribution in [0.25, 0.3) is 16.6 Å². The molecule has 0 saturated carbocycles. The molecule has 0 aliphatic rings. The zero-order valence-corrected chi connectivity index (χ0v) is 19.0. The first-order chi connectivity index (χ1) is 13.5. The number of halogens is 1. The lowest BCUT2D eigenvalue weighted by atomic mass is 10.2. The molecule has 0 aliphatic heterocycles. The van der Waals surface area contributed by atoms with Crippen molar-refractivity contribution in [2.24, 2.45) is 0 Å². The summed E-state index contributed by atoms with van der Waals surface area (Å²) in [5.41, 5.74) is 1.26. The first-order valence-corrected chi connectivity index (χ1v) is 11.1. The van der Waals surface area contributed by atoms with Gasteiger partial charge >= 0.3 is 0 Å². The molecule has 0 unspecified atom stereocenters. The van der Waals surface area contributed by atoms with Crippen LogP contribution >= 0.6 is 34.4 Å². The fraction of sp³-hybridized carbons (Fsp3) is 0.286. The first kappa shape index (κ1) is 20.9. The van der Waals surface area contributed by atoms with E-state index in [-0.39, 0.29) is 16.7 Å². The van der Waals surface area contributed by atoms with Crippen molar-refractivity contribution in [1.29, 1.82) is 0 Å². The number of rotatable bonds is 6. The largest absolute Gasteiger partial charge is 0.342 e. The summed E-state index contributed by atoms with van der Waals surface area (Å²) in [4.78, 5) is 32.6. The molecule has 0 saturated heterocycles. The van der Waals surface area contributed by atoms with Gasteiger partial charge in [-0.2, -0.15) is 0 Å². The molecular weight excluding hydrogens is 485 g/mol. The van der Waals surface area contributed by atoms with E-state index in [1.165, 1.54) is 11.8 Å². The van der Waals surface area contributed by atoms with Crippen LogP contribution in [0.3, 0.4) is 0 Å². The van der Waals surface area contributed by atoms with Crippen molar-refractivity contribution in [3.8, 4) is 5.69 Å². The highest BCUT2D eigenvalue weighted by atomic mass is 127. The molecular formula is C21H22IN3O2S. The van der Waals surface area contributed by atoms with Gasteiger partial charge in [-0.25, -0.2) is 4.98 Å². The molecule has 0 radical (unpaired) electrons. The van der Waals surface area contributed by atoms with Gasteiger partial charge in [0.2, 0.25) is 5.91 Å². The number of hydrogen-bond acceptors (Lipinski definition) is 4. The molecule has 2 aromatic carbocycles. The molecule has 0 N–H and O–H groups in total. The van der Waals surface area contributed by atoms with Crippen molar-refractivity contribution in [3.05, 3.63) is 62.5 Å². The lowest BCUT2D eigenvalue weighted by molar-refractivity contribution is -0.129. The fourth-order valence-corrected chi connectivity index (χ4v) is 4.52. The van der Waals surface area contributed by atoms with Gasteiger partial charge in [-0.05, 0) is 73.7 Å². The Labute approximate surface area is 182 Å². The topological polar surface area (TPSA) is 55.2 Å². The van der Waals surface area contributed by atoms with Crippen LogP contribution < -0.4 is 5.56 Å². The molecule has 3 aromatic rings. The second kappa shape index (κ2) is 9.09. The quantitative estimate of drug-likeness (QED) is 0.283. The van der Waals surface area contributed by atoms with E-state index in [9.17, 15) is 9.59 Å². The maximum absolute atomic E-state index is 13.3. The van der Waals surface area contributed by atoms with Crippen molar-refractivity contribution in [1.82, 2.24) is 14.5 Å². The number of carbonyl (C=O) groups is 1. The van der Waals surface area contributed by atoms with Crippen molar-refractivity contribution in [2.45, 2.75) is 31.2 Å². The summed E-state index contributed by atoms with van der Waals surface area (Å²) in [6.45, 7) is 7.12. The third kappa shape index (κ3) is 4.25. The van der Waals surface area contributed by atoms with Crippen molar-refractivity contribution in [3.63, 3.8) is 0 Å². The van der Waals surface area contributed by atoms with Gasteiger partial charge in [-0.1, -0.05) is 30.0 Å². The minimum absolute atomic E-state index is 0.0477. The Bertz CT molecular complexity index is 1050. The monoisotopic (exact) mass is 507 g/mol. The molecule has 1 heterocycles. The number of carbonyl (C=O) groups excluding carboxylic acids is 1. The van der Waals surface area contributed by atoms with Gasteiger partial charge in [-0.3, -0.25) is 14.2 Å². The zero-order chi connectivity index (χ0) is 20.3. The molecule has 7 heteroatoms. The van der Waals surface area contributed by atoms with Gasteiger partial charge in [0.1, 0.15) is 0 Å². The Morgan fingerprint density at radius 1 is 1.18 bits per heavy atom. The van der Waals surface area contributed by atoms with Crippen LogP contribution in [0.4, 0.5) is 0 Å². The molecule has 0 spiro atoms. The maximum atomic E-state index is 13.3. The molecule has 146 valence electrons. The third-order valence-electron chi connectivity index (χ3n) is 4.52. The number of amides is 1. The third-order valence-corrected chi connectivity index (χ3v) is 6.23. The highest BCUT2D eigenvalue weighted by Gasteiger charge is 2.23. The summed E-state index contributed by atoms with van der Waals surface area (Å²) >= 11 is 3.52. The van der Waals surface area contributed by atoms with E-state index >= 15 is 0 Å². The molecule has 0 fully saturated rings. The number of nitrogens with zero attached hydrogens (tertiary/aromatic N) is 3. The van der Waals surface area contributed by atoms with E-state index in [2.05, 4.69) is 22.6 Å². The van der Waals surface area contributed by atoms with Gasteiger partial charge in [0.05, 0.1) is 21.8 Å². The van der Waals surface area contributed by atoms with Crippen LogP contribution in [-0.2, 0) is 4.79 Å². The number of benzene rings is 2. The Balaban J connectivity index is 2.14. The molecule has 0 aliphatic carbocycles. The lowest BCUT2D eigenvalue weighted by Crippen LogP contribution is -2.36. The summed E-state index contributed by atoms with van der Waals surface area (Å²) in [5, 5.41) is 0.754. The van der Waals surface area contributed by atoms with Gasteiger partial charge in [0.25, 0.3) is 5.56 Å². The van der Waals surface area contributed by atoms with Crippen molar-refractivity contribution < 1.29 is 4.79 Å². The van der Waals surface area contributed by atoms with Crippen LogP contribution in [0.2, 0.25) is 0 Å². The molecule has 1 amide bonds. The van der Waals surface area contributed by atoms with E-state index in [0.717, 1.165) is 9.26 Å². The maximum Gasteiger partial charge on any atom is 0.266 e. The predicted octanol–water partition coefficient (Wildman–Crippen LogP) is 4.34. The highest BCUT2D eigenvalue weighted by Crippen LogP contribution is 2.26. The second-order valence-electron chi connectivity index (χ2n) is 6.30. The molecule has 1 aromatic heterocycles. The zero-order valence-electron chi connectivity index (χ0n) is 16.1. The summed E-state index contributed by atoms with van der Waals surface area (Å²) in [6, 6.07) is 15.1. The molecule has 28 heavy (non-hydrogen) atoms. The Kier molecular flexibility index (Phi) is 6.77. The number of aromatic nitrogens is 2. The van der Waals surface area contributed by atoms with Gasteiger partial charge in [0, 0.05) is 16.7 Å². The predicted molar refractivity (Wildman–Crippen MR) is 123 cm³/mol. The molecule has 3 rings (SSSR count). The van der Waals surface area contributed by atoms with Gasteiger partial charge in [-0.15, -0.1) is 0 Å². The SMILES string of the molecule is CCN(CC)C(=O)[C@@H](C)Sc1nc2ccc(I)cc2c(=O)n1-c1ccccc1. The van der Waals surface area contributed by atoms with Crippen molar-refractivity contribution >= 4 is 51.2 Å². The fourth-order valence-electron chi connectivity index (χ4n) is 3.02. The smallest absolute Gasteiger partial charge is 0.266 e. The summed E-state index contributed by atoms with van der Waals surface area (Å²) in [5.74, 6) is 0.0477. The Morgan fingerprint density at radius 2 is 1.86 bits per heavy atom. The lowest BCUT2D eigenvalue weighted by Gasteiger charge is -2.23. The number of thioether (sulfide) groups is 1. The van der Waals surface area contributed by atoms with Crippen LogP contribution in [0.5, 0.6) is 0 Å². The van der Waals surface area contributed by atoms with Crippen LogP contribution in [-0.4, -0.2) is 38.7 Å². The van der Waals surface area contributed by atoms with Gasteiger partial charge < -0.3 is 4.90 Å². The molecule has 0 bridgehead atoms. The van der Waals surface area contributed by atoms with E-state index in [1.54, 1.807) is 9.47 Å². The van der Waals surface area contributed by atoms with Crippen molar-refractivity contribution in [2.75, 3.05) is 13.1 Å². The minimum atomic E-state index is -0.344. The Hall–Kier alpha value is -1.87. The van der Waals surface area contributed by atoms with Crippen LogP contribution in [0, 0.1) is 3.57 Å². The normalized spacial score (nSPS) is 12.1. The first-order valence-electron chi connectivity index (χ1n) is 9.19. The van der Waals surface area contributed by atoms with E-state index in [4.69, 9.17) is 4.98 Å². The summed E-state index contributed by atoms with van der Waals surface area (Å²) in [6.07, 6.45) is 0. The average Bonchev–Trinajstić information content (AvgIpc) is 2.70. The Morgan fingerprint density at radius 3 is 2.50 bits per heavy atom. The number of fused-ring (bicyclic) bond motifs is 1. The average molecular weight is 507 g/mol. The van der Waals surface area contributed by atoms with E-state index in [0.29, 0.717) is 29.1 Å². The molecule has 1 atom stereocenters. The highest BCUT2D eigenvalue weighted by molar-refractivity contribution is 14.1. The van der Waals surface area contributed by atoms with Gasteiger partial charge in [0.15, 0.2) is 5.16 Å². The van der Waals surface area contributed by atoms with E-state index in [1.807, 2.05) is 69.3 Å². The number of hydrogen-bond donors (Lipinski definition) is 0. The standard InChI is InChI=1S/C21H22IN3O2S/c1-4-24(5-2)19(26)14(3)28-21-23-18-12-11-15(22)13-17(18)20(27)25(21)16-9-7-6-8-10-16/h6-14H,4-5H2,1-3H3/t14-/m1/s1. The second-order valence-corrected chi connectivity index (χ2v) is 8.86. The summed E-state index contributed by atoms with van der Waals surface area (Å²) < 4.78 is 2.59.